The lowest BCUT2D eigenvalue weighted by atomic mass is 10.1. The van der Waals surface area contributed by atoms with Gasteiger partial charge in [0.25, 0.3) is 0 Å². The summed E-state index contributed by atoms with van der Waals surface area (Å²) >= 11 is 0. The molecule has 0 saturated heterocycles. The number of hydrogen-bond acceptors (Lipinski definition) is 1. The second-order valence-electron chi connectivity index (χ2n) is 3.88. The van der Waals surface area contributed by atoms with Crippen molar-refractivity contribution in [1.82, 2.24) is 0 Å². The average Bonchev–Trinajstić information content (AvgIpc) is 2.21. The summed E-state index contributed by atoms with van der Waals surface area (Å²) in [5.41, 5.74) is 2.67. The number of benzene rings is 1. The normalized spacial score (nSPS) is 12.6. The van der Waals surface area contributed by atoms with E-state index in [0.717, 1.165) is 6.54 Å². The molecular weight excluding hydrogens is 170 g/mol. The third-order valence-corrected chi connectivity index (χ3v) is 2.83. The SMILES string of the molecule is CCC(C)N(CC)c1ccc(C)cc1. The van der Waals surface area contributed by atoms with Crippen LogP contribution in [-0.2, 0) is 0 Å². The summed E-state index contributed by atoms with van der Waals surface area (Å²) in [6.45, 7) is 9.94. The van der Waals surface area contributed by atoms with E-state index in [9.17, 15) is 0 Å². The van der Waals surface area contributed by atoms with Crippen LogP contribution < -0.4 is 4.90 Å². The van der Waals surface area contributed by atoms with Crippen molar-refractivity contribution in [2.45, 2.75) is 40.2 Å². The Balaban J connectivity index is 2.84. The molecule has 0 spiro atoms. The minimum absolute atomic E-state index is 0.628. The van der Waals surface area contributed by atoms with Gasteiger partial charge < -0.3 is 4.90 Å². The molecule has 0 fully saturated rings. The van der Waals surface area contributed by atoms with Crippen LogP contribution in [-0.4, -0.2) is 12.6 Å². The first kappa shape index (κ1) is 11.1. The minimum atomic E-state index is 0.628. The Kier molecular flexibility index (Phi) is 3.99. The van der Waals surface area contributed by atoms with Crippen LogP contribution in [0.25, 0.3) is 0 Å². The van der Waals surface area contributed by atoms with Crippen LogP contribution >= 0.6 is 0 Å². The molecule has 0 aromatic heterocycles. The largest absolute Gasteiger partial charge is 0.369 e. The third-order valence-electron chi connectivity index (χ3n) is 2.83. The quantitative estimate of drug-likeness (QED) is 0.702. The van der Waals surface area contributed by atoms with Gasteiger partial charge in [-0.2, -0.15) is 0 Å². The molecule has 1 unspecified atom stereocenters. The predicted octanol–water partition coefficient (Wildman–Crippen LogP) is 3.62. The zero-order chi connectivity index (χ0) is 10.6. The van der Waals surface area contributed by atoms with Gasteiger partial charge in [-0.05, 0) is 39.3 Å². The van der Waals surface area contributed by atoms with Gasteiger partial charge in [0.15, 0.2) is 0 Å². The van der Waals surface area contributed by atoms with E-state index in [2.05, 4.69) is 56.9 Å². The van der Waals surface area contributed by atoms with E-state index in [0.29, 0.717) is 6.04 Å². The molecule has 0 aliphatic carbocycles. The standard InChI is InChI=1S/C13H21N/c1-5-12(4)14(6-2)13-9-7-11(3)8-10-13/h7-10,12H,5-6H2,1-4H3. The third kappa shape index (κ3) is 2.50. The van der Waals surface area contributed by atoms with E-state index in [4.69, 9.17) is 0 Å². The second kappa shape index (κ2) is 5.04. The van der Waals surface area contributed by atoms with Gasteiger partial charge in [0.1, 0.15) is 0 Å². The molecule has 0 heterocycles. The fourth-order valence-corrected chi connectivity index (χ4v) is 1.71. The summed E-state index contributed by atoms with van der Waals surface area (Å²) in [6.07, 6.45) is 1.20. The highest BCUT2D eigenvalue weighted by Gasteiger charge is 2.09. The van der Waals surface area contributed by atoms with Crippen molar-refractivity contribution < 1.29 is 0 Å². The van der Waals surface area contributed by atoms with Crippen LogP contribution in [0, 0.1) is 6.92 Å². The van der Waals surface area contributed by atoms with Crippen molar-refractivity contribution in [1.29, 1.82) is 0 Å². The zero-order valence-corrected chi connectivity index (χ0v) is 9.75. The second-order valence-corrected chi connectivity index (χ2v) is 3.88. The number of nitrogens with zero attached hydrogens (tertiary/aromatic N) is 1. The Morgan fingerprint density at radius 1 is 1.14 bits per heavy atom. The Morgan fingerprint density at radius 3 is 2.14 bits per heavy atom. The summed E-state index contributed by atoms with van der Waals surface area (Å²) in [5, 5.41) is 0. The molecule has 1 rings (SSSR count). The van der Waals surface area contributed by atoms with E-state index in [1.165, 1.54) is 17.7 Å². The first-order valence-electron chi connectivity index (χ1n) is 5.52. The lowest BCUT2D eigenvalue weighted by molar-refractivity contribution is 0.630. The molecule has 78 valence electrons. The Morgan fingerprint density at radius 2 is 1.71 bits per heavy atom. The van der Waals surface area contributed by atoms with Crippen molar-refractivity contribution in [3.05, 3.63) is 29.8 Å². The van der Waals surface area contributed by atoms with E-state index >= 15 is 0 Å². The molecule has 1 atom stereocenters. The van der Waals surface area contributed by atoms with Gasteiger partial charge in [-0.1, -0.05) is 24.6 Å². The number of hydrogen-bond donors (Lipinski definition) is 0. The molecule has 1 heteroatoms. The molecule has 0 radical (unpaired) electrons. The average molecular weight is 191 g/mol. The van der Waals surface area contributed by atoms with Crippen molar-refractivity contribution in [2.24, 2.45) is 0 Å². The van der Waals surface area contributed by atoms with Gasteiger partial charge in [-0.3, -0.25) is 0 Å². The Bertz CT molecular complexity index is 263. The lowest BCUT2D eigenvalue weighted by Gasteiger charge is -2.29. The first-order valence-corrected chi connectivity index (χ1v) is 5.52. The van der Waals surface area contributed by atoms with Crippen molar-refractivity contribution in [3.8, 4) is 0 Å². The number of anilines is 1. The van der Waals surface area contributed by atoms with Crippen molar-refractivity contribution in [3.63, 3.8) is 0 Å². The zero-order valence-electron chi connectivity index (χ0n) is 9.75. The minimum Gasteiger partial charge on any atom is -0.369 e. The topological polar surface area (TPSA) is 3.24 Å². The fourth-order valence-electron chi connectivity index (χ4n) is 1.71. The Labute approximate surface area is 87.7 Å². The monoisotopic (exact) mass is 191 g/mol. The van der Waals surface area contributed by atoms with E-state index in [1.54, 1.807) is 0 Å². The molecular formula is C13H21N. The summed E-state index contributed by atoms with van der Waals surface area (Å²) in [4.78, 5) is 2.44. The maximum atomic E-state index is 2.44. The van der Waals surface area contributed by atoms with E-state index < -0.39 is 0 Å². The fraction of sp³-hybridized carbons (Fsp3) is 0.538. The van der Waals surface area contributed by atoms with Crippen LogP contribution in [0.3, 0.4) is 0 Å². The van der Waals surface area contributed by atoms with Crippen LogP contribution in [0.4, 0.5) is 5.69 Å². The van der Waals surface area contributed by atoms with Gasteiger partial charge >= 0.3 is 0 Å². The van der Waals surface area contributed by atoms with Gasteiger partial charge in [-0.25, -0.2) is 0 Å². The molecule has 0 N–H and O–H groups in total. The predicted molar refractivity (Wildman–Crippen MR) is 64.0 cm³/mol. The highest BCUT2D eigenvalue weighted by Crippen LogP contribution is 2.18. The van der Waals surface area contributed by atoms with Crippen LogP contribution in [0.2, 0.25) is 0 Å². The van der Waals surface area contributed by atoms with Crippen LogP contribution in [0.1, 0.15) is 32.8 Å². The first-order chi connectivity index (χ1) is 6.69. The molecule has 1 nitrogen and oxygen atoms in total. The molecule has 14 heavy (non-hydrogen) atoms. The number of aryl methyl sites for hydroxylation is 1. The van der Waals surface area contributed by atoms with Crippen LogP contribution in [0.5, 0.6) is 0 Å². The smallest absolute Gasteiger partial charge is 0.0368 e. The molecule has 0 bridgehead atoms. The summed E-state index contributed by atoms with van der Waals surface area (Å²) in [7, 11) is 0. The van der Waals surface area contributed by atoms with E-state index in [-0.39, 0.29) is 0 Å². The summed E-state index contributed by atoms with van der Waals surface area (Å²) < 4.78 is 0. The highest BCUT2D eigenvalue weighted by atomic mass is 15.1. The molecule has 0 amide bonds. The van der Waals surface area contributed by atoms with Gasteiger partial charge in [0, 0.05) is 18.3 Å². The van der Waals surface area contributed by atoms with Gasteiger partial charge in [0.2, 0.25) is 0 Å². The summed E-state index contributed by atoms with van der Waals surface area (Å²) in [6, 6.07) is 9.42. The van der Waals surface area contributed by atoms with Gasteiger partial charge in [0.05, 0.1) is 0 Å². The van der Waals surface area contributed by atoms with Crippen molar-refractivity contribution >= 4 is 5.69 Å². The van der Waals surface area contributed by atoms with Gasteiger partial charge in [-0.15, -0.1) is 0 Å². The van der Waals surface area contributed by atoms with Crippen LogP contribution in [0.15, 0.2) is 24.3 Å². The molecule has 1 aromatic rings. The van der Waals surface area contributed by atoms with E-state index in [1.807, 2.05) is 0 Å². The molecule has 0 aliphatic heterocycles. The molecule has 0 saturated carbocycles. The lowest BCUT2D eigenvalue weighted by Crippen LogP contribution is -2.32. The maximum absolute atomic E-state index is 2.44. The Hall–Kier alpha value is -0.980. The molecule has 0 aliphatic rings. The summed E-state index contributed by atoms with van der Waals surface area (Å²) in [5.74, 6) is 0. The highest BCUT2D eigenvalue weighted by molar-refractivity contribution is 5.48. The number of rotatable bonds is 4. The van der Waals surface area contributed by atoms with Crippen molar-refractivity contribution in [2.75, 3.05) is 11.4 Å². The maximum Gasteiger partial charge on any atom is 0.0368 e. The molecule has 1 aromatic carbocycles.